The van der Waals surface area contributed by atoms with Gasteiger partial charge in [0.2, 0.25) is 0 Å². The Morgan fingerprint density at radius 1 is 1.00 bits per heavy atom. The molecule has 1 fully saturated rings. The van der Waals surface area contributed by atoms with Crippen molar-refractivity contribution >= 4 is 20.4 Å². The Labute approximate surface area is 131 Å². The summed E-state index contributed by atoms with van der Waals surface area (Å²) in [6, 6.07) is 10.9. The third kappa shape index (κ3) is 3.28. The highest BCUT2D eigenvalue weighted by molar-refractivity contribution is 6.91. The van der Waals surface area contributed by atoms with Gasteiger partial charge in [-0.2, -0.15) is 0 Å². The first-order chi connectivity index (χ1) is 9.56. The Morgan fingerprint density at radius 3 is 1.95 bits per heavy atom. The van der Waals surface area contributed by atoms with Crippen LogP contribution in [0, 0.1) is 0 Å². The van der Waals surface area contributed by atoms with Crippen molar-refractivity contribution in [2.75, 3.05) is 0 Å². The first kappa shape index (κ1) is 16.8. The zero-order chi connectivity index (χ0) is 15.9. The third-order valence-corrected chi connectivity index (χ3v) is 10.1. The van der Waals surface area contributed by atoms with E-state index in [0.717, 1.165) is 6.32 Å². The number of hydrogen-bond acceptors (Lipinski definition) is 2. The van der Waals surface area contributed by atoms with Gasteiger partial charge in [-0.15, -0.1) is 0 Å². The Morgan fingerprint density at radius 2 is 1.48 bits per heavy atom. The molecule has 1 atom stereocenters. The second kappa shape index (κ2) is 5.56. The highest BCUT2D eigenvalue weighted by Gasteiger charge is 2.52. The van der Waals surface area contributed by atoms with Crippen LogP contribution in [0.2, 0.25) is 25.0 Å². The predicted molar refractivity (Wildman–Crippen MR) is 93.9 cm³/mol. The first-order valence-corrected chi connectivity index (χ1v) is 11.1. The molecule has 0 bridgehead atoms. The Hall–Kier alpha value is -0.578. The molecule has 2 rings (SSSR count). The van der Waals surface area contributed by atoms with Gasteiger partial charge in [0, 0.05) is 0 Å². The molecule has 0 saturated carbocycles. The van der Waals surface area contributed by atoms with Crippen molar-refractivity contribution in [3.8, 4) is 0 Å². The number of rotatable bonds is 4. The third-order valence-electron chi connectivity index (χ3n) is 5.60. The molecular weight excluding hydrogens is 275 g/mol. The molecule has 0 aliphatic carbocycles. The summed E-state index contributed by atoms with van der Waals surface area (Å²) in [5.41, 5.74) is 0.153. The lowest BCUT2D eigenvalue weighted by molar-refractivity contribution is 0.00578. The van der Waals surface area contributed by atoms with Crippen molar-refractivity contribution in [1.82, 2.24) is 0 Å². The van der Waals surface area contributed by atoms with Gasteiger partial charge in [-0.25, -0.2) is 0 Å². The van der Waals surface area contributed by atoms with Crippen LogP contribution in [0.15, 0.2) is 30.3 Å². The van der Waals surface area contributed by atoms with Crippen LogP contribution in [0.25, 0.3) is 0 Å². The maximum absolute atomic E-state index is 6.17. The fraction of sp³-hybridized carbons (Fsp3) is 0.647. The second-order valence-electron chi connectivity index (χ2n) is 7.91. The topological polar surface area (TPSA) is 18.5 Å². The molecule has 1 saturated heterocycles. The average molecular weight is 304 g/mol. The van der Waals surface area contributed by atoms with Crippen molar-refractivity contribution in [3.05, 3.63) is 30.3 Å². The molecule has 1 heterocycles. The van der Waals surface area contributed by atoms with Gasteiger partial charge >= 0.3 is 7.12 Å². The molecule has 21 heavy (non-hydrogen) atoms. The van der Waals surface area contributed by atoms with Crippen LogP contribution < -0.4 is 5.19 Å². The average Bonchev–Trinajstić information content (AvgIpc) is 2.58. The quantitative estimate of drug-likeness (QED) is 0.780. The first-order valence-electron chi connectivity index (χ1n) is 7.97. The monoisotopic (exact) mass is 304 g/mol. The van der Waals surface area contributed by atoms with Gasteiger partial charge in [-0.05, 0) is 39.6 Å². The van der Waals surface area contributed by atoms with Crippen molar-refractivity contribution in [2.45, 2.75) is 70.8 Å². The van der Waals surface area contributed by atoms with Crippen LogP contribution in [0.1, 0.15) is 34.6 Å². The Kier molecular flexibility index (Phi) is 4.45. The van der Waals surface area contributed by atoms with E-state index in [4.69, 9.17) is 9.31 Å². The molecule has 1 aromatic carbocycles. The van der Waals surface area contributed by atoms with Gasteiger partial charge in [-0.3, -0.25) is 0 Å². The molecule has 116 valence electrons. The van der Waals surface area contributed by atoms with E-state index in [1.807, 2.05) is 0 Å². The van der Waals surface area contributed by atoms with Crippen LogP contribution in [-0.2, 0) is 9.31 Å². The van der Waals surface area contributed by atoms with E-state index in [1.165, 1.54) is 5.19 Å². The second-order valence-corrected chi connectivity index (χ2v) is 12.9. The van der Waals surface area contributed by atoms with E-state index in [1.54, 1.807) is 0 Å². The lowest BCUT2D eigenvalue weighted by atomic mass is 9.83. The Balaban J connectivity index is 2.07. The number of benzene rings is 1. The SMILES string of the molecule is C[C@@H](CB1OC(C)(C)C(C)(C)O1)[Si](C)(C)c1ccccc1. The molecule has 0 unspecified atom stereocenters. The zero-order valence-corrected chi connectivity index (χ0v) is 15.6. The van der Waals surface area contributed by atoms with Crippen LogP contribution >= 0.6 is 0 Å². The van der Waals surface area contributed by atoms with Crippen molar-refractivity contribution in [2.24, 2.45) is 0 Å². The van der Waals surface area contributed by atoms with E-state index >= 15 is 0 Å². The molecule has 4 heteroatoms. The normalized spacial score (nSPS) is 22.3. The maximum Gasteiger partial charge on any atom is 0.457 e. The summed E-state index contributed by atoms with van der Waals surface area (Å²) in [6.45, 7) is 15.7. The summed E-state index contributed by atoms with van der Waals surface area (Å²) in [6.07, 6.45) is 0.973. The highest BCUT2D eigenvalue weighted by atomic mass is 28.3. The summed E-state index contributed by atoms with van der Waals surface area (Å²) >= 11 is 0. The van der Waals surface area contributed by atoms with Crippen molar-refractivity contribution in [1.29, 1.82) is 0 Å². The minimum absolute atomic E-state index is 0.0829. The number of hydrogen-bond donors (Lipinski definition) is 0. The molecule has 0 aromatic heterocycles. The Bertz CT molecular complexity index is 469. The fourth-order valence-corrected chi connectivity index (χ4v) is 5.20. The van der Waals surface area contributed by atoms with Gasteiger partial charge in [0.15, 0.2) is 0 Å². The zero-order valence-electron chi connectivity index (χ0n) is 14.6. The highest BCUT2D eigenvalue weighted by Crippen LogP contribution is 2.40. The molecule has 0 N–H and O–H groups in total. The van der Waals surface area contributed by atoms with Gasteiger partial charge in [0.05, 0.1) is 19.3 Å². The fourth-order valence-electron chi connectivity index (χ4n) is 2.80. The predicted octanol–water partition coefficient (Wildman–Crippen LogP) is 4.08. The van der Waals surface area contributed by atoms with Crippen LogP contribution in [0.5, 0.6) is 0 Å². The summed E-state index contributed by atoms with van der Waals surface area (Å²) in [4.78, 5) is 0. The van der Waals surface area contributed by atoms with Gasteiger partial charge in [0.1, 0.15) is 0 Å². The molecule has 1 aromatic rings. The van der Waals surface area contributed by atoms with Crippen LogP contribution in [-0.4, -0.2) is 26.4 Å². The van der Waals surface area contributed by atoms with Gasteiger partial charge in [-0.1, -0.05) is 55.5 Å². The standard InChI is InChI=1S/C17H29BO2Si/c1-14(21(6,7)15-11-9-8-10-12-15)13-18-19-16(2,3)17(4,5)20-18/h8-12,14H,13H2,1-7H3/t14-/m0/s1. The van der Waals surface area contributed by atoms with E-state index in [9.17, 15) is 0 Å². The van der Waals surface area contributed by atoms with Crippen LogP contribution in [0.4, 0.5) is 0 Å². The van der Waals surface area contributed by atoms with Crippen molar-refractivity contribution in [3.63, 3.8) is 0 Å². The summed E-state index contributed by atoms with van der Waals surface area (Å²) in [5.74, 6) is 0. The summed E-state index contributed by atoms with van der Waals surface area (Å²) in [7, 11) is -1.59. The molecule has 0 radical (unpaired) electrons. The lowest BCUT2D eigenvalue weighted by Gasteiger charge is -2.32. The summed E-state index contributed by atoms with van der Waals surface area (Å²) < 4.78 is 12.3. The minimum atomic E-state index is -1.50. The molecule has 0 spiro atoms. The van der Waals surface area contributed by atoms with Gasteiger partial charge < -0.3 is 9.31 Å². The maximum atomic E-state index is 6.17. The molecule has 0 amide bonds. The molecule has 1 aliphatic heterocycles. The van der Waals surface area contributed by atoms with E-state index in [-0.39, 0.29) is 18.3 Å². The van der Waals surface area contributed by atoms with Crippen molar-refractivity contribution < 1.29 is 9.31 Å². The van der Waals surface area contributed by atoms with Crippen LogP contribution in [0.3, 0.4) is 0 Å². The van der Waals surface area contributed by atoms with E-state index < -0.39 is 8.07 Å². The smallest absolute Gasteiger partial charge is 0.403 e. The minimum Gasteiger partial charge on any atom is -0.403 e. The largest absolute Gasteiger partial charge is 0.457 e. The molecule has 1 aliphatic rings. The summed E-state index contributed by atoms with van der Waals surface area (Å²) in [5, 5.41) is 1.51. The lowest BCUT2D eigenvalue weighted by Crippen LogP contribution is -2.46. The van der Waals surface area contributed by atoms with E-state index in [2.05, 4.69) is 78.0 Å². The molecule has 2 nitrogen and oxygen atoms in total. The van der Waals surface area contributed by atoms with E-state index in [0.29, 0.717) is 5.54 Å². The van der Waals surface area contributed by atoms with Gasteiger partial charge in [0.25, 0.3) is 0 Å². The molecular formula is C17H29BO2Si.